The molecule has 6 heteroatoms. The van der Waals surface area contributed by atoms with Gasteiger partial charge in [0.25, 0.3) is 5.91 Å². The van der Waals surface area contributed by atoms with Gasteiger partial charge in [-0.2, -0.15) is 0 Å². The Morgan fingerprint density at radius 1 is 1.03 bits per heavy atom. The molecule has 1 saturated carbocycles. The zero-order valence-electron chi connectivity index (χ0n) is 18.7. The second kappa shape index (κ2) is 9.40. The van der Waals surface area contributed by atoms with Crippen molar-refractivity contribution in [3.8, 4) is 5.75 Å². The molecule has 1 N–H and O–H groups in total. The summed E-state index contributed by atoms with van der Waals surface area (Å²) in [5.41, 5.74) is 2.12. The van der Waals surface area contributed by atoms with E-state index in [1.165, 1.54) is 6.42 Å². The lowest BCUT2D eigenvalue weighted by Gasteiger charge is -2.46. The van der Waals surface area contributed by atoms with Crippen LogP contribution in [0.25, 0.3) is 0 Å². The van der Waals surface area contributed by atoms with E-state index in [2.05, 4.69) is 11.4 Å². The number of nitrogens with zero attached hydrogens (tertiary/aromatic N) is 1. The molecule has 0 spiro atoms. The fourth-order valence-corrected chi connectivity index (χ4v) is 6.14. The maximum Gasteiger partial charge on any atom is 0.254 e. The molecule has 0 saturated heterocycles. The molecule has 1 aromatic heterocycles. The molecule has 1 fully saturated rings. The van der Waals surface area contributed by atoms with E-state index in [4.69, 9.17) is 4.74 Å². The van der Waals surface area contributed by atoms with Crippen LogP contribution in [0.3, 0.4) is 0 Å². The maximum absolute atomic E-state index is 13.9. The van der Waals surface area contributed by atoms with Crippen molar-refractivity contribution in [3.63, 3.8) is 0 Å². The van der Waals surface area contributed by atoms with Gasteiger partial charge in [0, 0.05) is 28.2 Å². The van der Waals surface area contributed by atoms with Crippen molar-refractivity contribution in [1.82, 2.24) is 4.90 Å². The Morgan fingerprint density at radius 3 is 2.61 bits per heavy atom. The molecule has 2 atom stereocenters. The summed E-state index contributed by atoms with van der Waals surface area (Å²) in [5.74, 6) is 0.125. The van der Waals surface area contributed by atoms with Gasteiger partial charge >= 0.3 is 0 Å². The van der Waals surface area contributed by atoms with Crippen LogP contribution in [-0.2, 0) is 4.79 Å². The van der Waals surface area contributed by atoms with E-state index in [0.29, 0.717) is 17.0 Å². The first-order chi connectivity index (χ1) is 16.2. The van der Waals surface area contributed by atoms with Crippen LogP contribution in [0.2, 0.25) is 0 Å². The van der Waals surface area contributed by atoms with Crippen LogP contribution < -0.4 is 10.1 Å². The Bertz CT molecular complexity index is 1140. The van der Waals surface area contributed by atoms with Crippen molar-refractivity contribution in [2.24, 2.45) is 0 Å². The lowest BCUT2D eigenvalue weighted by atomic mass is 9.79. The molecule has 1 aliphatic heterocycles. The molecule has 2 aliphatic rings. The third-order valence-electron chi connectivity index (χ3n) is 6.80. The van der Waals surface area contributed by atoms with Crippen LogP contribution in [0.15, 0.2) is 66.0 Å². The lowest BCUT2D eigenvalue weighted by Crippen LogP contribution is -2.51. The molecule has 5 nitrogen and oxygen atoms in total. The highest BCUT2D eigenvalue weighted by atomic mass is 32.1. The van der Waals surface area contributed by atoms with Gasteiger partial charge in [-0.3, -0.25) is 9.59 Å². The third-order valence-corrected chi connectivity index (χ3v) is 7.74. The fourth-order valence-electron chi connectivity index (χ4n) is 5.28. The quantitative estimate of drug-likeness (QED) is 0.507. The molecule has 5 rings (SSSR count). The number of fused-ring (bicyclic) bond motifs is 1. The highest BCUT2D eigenvalue weighted by molar-refractivity contribution is 7.10. The zero-order valence-corrected chi connectivity index (χ0v) is 19.5. The molecule has 2 aromatic carbocycles. The van der Waals surface area contributed by atoms with Crippen molar-refractivity contribution in [3.05, 3.63) is 82.0 Å². The third kappa shape index (κ3) is 4.15. The molecule has 0 radical (unpaired) electrons. The molecule has 2 amide bonds. The molecule has 2 heterocycles. The van der Waals surface area contributed by atoms with Gasteiger partial charge in [-0.05, 0) is 48.1 Å². The second-order valence-electron chi connectivity index (χ2n) is 8.75. The van der Waals surface area contributed by atoms with E-state index in [0.717, 1.165) is 36.1 Å². The molecule has 1 aliphatic carbocycles. The van der Waals surface area contributed by atoms with Crippen LogP contribution in [0, 0.1) is 0 Å². The SMILES string of the molecule is COc1cccc(NC(=O)C2c3ccccc3C(=O)N(C3CCCCC3)C2c2cccs2)c1. The van der Waals surface area contributed by atoms with Crippen LogP contribution in [0.5, 0.6) is 5.75 Å². The molecule has 33 heavy (non-hydrogen) atoms. The van der Waals surface area contributed by atoms with Gasteiger partial charge in [0.15, 0.2) is 0 Å². The van der Waals surface area contributed by atoms with Crippen LogP contribution in [0.4, 0.5) is 5.69 Å². The van der Waals surface area contributed by atoms with Crippen molar-refractivity contribution in [2.75, 3.05) is 12.4 Å². The molecule has 3 aromatic rings. The minimum absolute atomic E-state index is 0.0429. The standard InChI is InChI=1S/C27H28N2O3S/c1-32-20-12-7-9-18(17-20)28-26(30)24-21-13-5-6-14-22(21)27(31)29(19-10-3-2-4-11-19)25(24)23-15-8-16-33-23/h5-9,12-17,19,24-25H,2-4,10-11H2,1H3,(H,28,30). The van der Waals surface area contributed by atoms with Gasteiger partial charge in [-0.15, -0.1) is 11.3 Å². The molecular formula is C27H28N2O3S. The summed E-state index contributed by atoms with van der Waals surface area (Å²) in [6, 6.07) is 18.9. The molecule has 2 unspecified atom stereocenters. The monoisotopic (exact) mass is 460 g/mol. The number of hydrogen-bond acceptors (Lipinski definition) is 4. The summed E-state index contributed by atoms with van der Waals surface area (Å²) in [6.07, 6.45) is 5.42. The Morgan fingerprint density at radius 2 is 1.85 bits per heavy atom. The fraction of sp³-hybridized carbons (Fsp3) is 0.333. The van der Waals surface area contributed by atoms with Crippen LogP contribution in [0.1, 0.15) is 64.9 Å². The van der Waals surface area contributed by atoms with Crippen molar-refractivity contribution >= 4 is 28.8 Å². The Kier molecular flexibility index (Phi) is 6.18. The van der Waals surface area contributed by atoms with Gasteiger partial charge in [-0.25, -0.2) is 0 Å². The number of ether oxygens (including phenoxy) is 1. The summed E-state index contributed by atoms with van der Waals surface area (Å²) in [4.78, 5) is 30.8. The van der Waals surface area contributed by atoms with E-state index in [1.807, 2.05) is 64.9 Å². The summed E-state index contributed by atoms with van der Waals surface area (Å²) in [5, 5.41) is 5.13. The normalized spacial score (nSPS) is 20.9. The van der Waals surface area contributed by atoms with E-state index in [-0.39, 0.29) is 23.9 Å². The zero-order chi connectivity index (χ0) is 22.8. The highest BCUT2D eigenvalue weighted by Crippen LogP contribution is 2.47. The predicted octanol–water partition coefficient (Wildman–Crippen LogP) is 6.01. The van der Waals surface area contributed by atoms with Crippen molar-refractivity contribution in [2.45, 2.75) is 50.1 Å². The Balaban J connectivity index is 1.60. The number of methoxy groups -OCH3 is 1. The van der Waals surface area contributed by atoms with Crippen molar-refractivity contribution < 1.29 is 14.3 Å². The van der Waals surface area contributed by atoms with Crippen LogP contribution >= 0.6 is 11.3 Å². The number of benzene rings is 2. The summed E-state index contributed by atoms with van der Waals surface area (Å²) < 4.78 is 5.33. The van der Waals surface area contributed by atoms with Gasteiger partial charge in [0.05, 0.1) is 19.1 Å². The predicted molar refractivity (Wildman–Crippen MR) is 131 cm³/mol. The number of carbonyl (C=O) groups is 2. The van der Waals surface area contributed by atoms with Crippen LogP contribution in [-0.4, -0.2) is 29.9 Å². The Labute approximate surface area is 198 Å². The van der Waals surface area contributed by atoms with Crippen molar-refractivity contribution in [1.29, 1.82) is 0 Å². The molecule has 0 bridgehead atoms. The van der Waals surface area contributed by atoms with Gasteiger partial charge in [0.2, 0.25) is 5.91 Å². The van der Waals surface area contributed by atoms with E-state index in [9.17, 15) is 9.59 Å². The summed E-state index contributed by atoms with van der Waals surface area (Å²) >= 11 is 1.61. The molecule has 170 valence electrons. The lowest BCUT2D eigenvalue weighted by molar-refractivity contribution is -0.119. The van der Waals surface area contributed by atoms with E-state index in [1.54, 1.807) is 18.4 Å². The number of hydrogen-bond donors (Lipinski definition) is 1. The smallest absolute Gasteiger partial charge is 0.254 e. The Hall–Kier alpha value is -3.12. The largest absolute Gasteiger partial charge is 0.497 e. The topological polar surface area (TPSA) is 58.6 Å². The average Bonchev–Trinajstić information content (AvgIpc) is 3.39. The maximum atomic E-state index is 13.9. The number of carbonyl (C=O) groups excluding carboxylic acids is 2. The summed E-state index contributed by atoms with van der Waals surface area (Å²) in [7, 11) is 1.61. The summed E-state index contributed by atoms with van der Waals surface area (Å²) in [6.45, 7) is 0. The number of nitrogens with one attached hydrogen (secondary N) is 1. The van der Waals surface area contributed by atoms with Gasteiger partial charge in [0.1, 0.15) is 5.75 Å². The second-order valence-corrected chi connectivity index (χ2v) is 9.73. The number of rotatable bonds is 5. The minimum atomic E-state index is -0.495. The van der Waals surface area contributed by atoms with Gasteiger partial charge in [-0.1, -0.05) is 49.6 Å². The molecular weight excluding hydrogens is 432 g/mol. The highest BCUT2D eigenvalue weighted by Gasteiger charge is 2.47. The number of thiophene rings is 1. The first kappa shape index (κ1) is 21.7. The first-order valence-corrected chi connectivity index (χ1v) is 12.5. The average molecular weight is 461 g/mol. The number of amides is 2. The number of anilines is 1. The van der Waals surface area contributed by atoms with Gasteiger partial charge < -0.3 is 15.0 Å². The minimum Gasteiger partial charge on any atom is -0.497 e. The first-order valence-electron chi connectivity index (χ1n) is 11.6. The van der Waals surface area contributed by atoms with E-state index < -0.39 is 5.92 Å². The van der Waals surface area contributed by atoms with E-state index >= 15 is 0 Å².